The van der Waals surface area contributed by atoms with Crippen molar-refractivity contribution in [2.24, 2.45) is 7.05 Å². The van der Waals surface area contributed by atoms with Gasteiger partial charge in [-0.25, -0.2) is 4.98 Å². The Hall–Kier alpha value is -4.60. The van der Waals surface area contributed by atoms with Gasteiger partial charge < -0.3 is 15.4 Å². The van der Waals surface area contributed by atoms with Crippen LogP contribution in [0.2, 0.25) is 0 Å². The summed E-state index contributed by atoms with van der Waals surface area (Å²) in [5, 5.41) is 5.79. The minimum absolute atomic E-state index is 0.169. The first-order chi connectivity index (χ1) is 17.3. The summed E-state index contributed by atoms with van der Waals surface area (Å²) >= 11 is 0. The Morgan fingerprint density at radius 2 is 1.94 bits per heavy atom. The molecule has 0 aliphatic carbocycles. The molecule has 5 aromatic rings. The van der Waals surface area contributed by atoms with Gasteiger partial charge in [0.15, 0.2) is 0 Å². The Kier molecular flexibility index (Phi) is 4.85. The Balaban J connectivity index is 1.33. The molecule has 1 amide bonds. The summed E-state index contributed by atoms with van der Waals surface area (Å²) < 4.78 is 34.9. The number of rotatable bonds is 3. The number of ether oxygens (including phenoxy) is 1. The second kappa shape index (κ2) is 7.98. The van der Waals surface area contributed by atoms with Crippen LogP contribution >= 0.6 is 0 Å². The molecule has 0 saturated heterocycles. The van der Waals surface area contributed by atoms with Gasteiger partial charge in [0.05, 0.1) is 28.7 Å². The van der Waals surface area contributed by atoms with E-state index in [9.17, 15) is 13.6 Å². The van der Waals surface area contributed by atoms with Crippen molar-refractivity contribution in [3.8, 4) is 16.9 Å². The van der Waals surface area contributed by atoms with Crippen molar-refractivity contribution < 1.29 is 18.3 Å². The fourth-order valence-electron chi connectivity index (χ4n) is 4.74. The minimum atomic E-state index is -0.896. The lowest BCUT2D eigenvalue weighted by Crippen LogP contribution is -2.32. The van der Waals surface area contributed by atoms with Gasteiger partial charge in [0.25, 0.3) is 5.91 Å². The van der Waals surface area contributed by atoms with Crippen molar-refractivity contribution in [3.63, 3.8) is 0 Å². The van der Waals surface area contributed by atoms with E-state index in [2.05, 4.69) is 15.1 Å². The summed E-state index contributed by atoms with van der Waals surface area (Å²) in [7, 11) is 3.53. The van der Waals surface area contributed by atoms with E-state index in [4.69, 9.17) is 10.5 Å². The molecule has 10 heteroatoms. The zero-order valence-electron chi connectivity index (χ0n) is 19.4. The molecular weight excluding hydrogens is 466 g/mol. The molecule has 0 spiro atoms. The van der Waals surface area contributed by atoms with Gasteiger partial charge in [0.2, 0.25) is 11.9 Å². The van der Waals surface area contributed by atoms with E-state index >= 15 is 0 Å². The maximum Gasteiger partial charge on any atom is 0.254 e. The van der Waals surface area contributed by atoms with Crippen LogP contribution in [0.25, 0.3) is 32.9 Å². The Bertz CT molecular complexity index is 1700. The van der Waals surface area contributed by atoms with Crippen LogP contribution in [0.15, 0.2) is 54.7 Å². The topological polar surface area (TPSA) is 99.2 Å². The third kappa shape index (κ3) is 3.33. The van der Waals surface area contributed by atoms with Crippen molar-refractivity contribution in [1.29, 1.82) is 0 Å². The lowest BCUT2D eigenvalue weighted by molar-refractivity contribution is 0.0708. The van der Waals surface area contributed by atoms with E-state index in [1.54, 1.807) is 59.2 Å². The van der Waals surface area contributed by atoms with E-state index in [1.807, 2.05) is 7.05 Å². The first kappa shape index (κ1) is 21.9. The lowest BCUT2D eigenvalue weighted by Gasteiger charge is -2.24. The highest BCUT2D eigenvalue weighted by molar-refractivity contribution is 6.10. The summed E-state index contributed by atoms with van der Waals surface area (Å²) in [6, 6.07) is 12.6. The summed E-state index contributed by atoms with van der Waals surface area (Å²) in [6.45, 7) is 0.253. The highest BCUT2D eigenvalue weighted by Gasteiger charge is 2.31. The number of nitrogens with two attached hydrogens (primary N) is 1. The fraction of sp³-hybridized carbons (Fsp3) is 0.154. The van der Waals surface area contributed by atoms with E-state index in [1.165, 1.54) is 6.07 Å². The van der Waals surface area contributed by atoms with E-state index in [0.717, 1.165) is 27.9 Å². The van der Waals surface area contributed by atoms with Crippen LogP contribution in [0.5, 0.6) is 5.75 Å². The molecule has 1 aliphatic heterocycles. The van der Waals surface area contributed by atoms with Gasteiger partial charge in [0.1, 0.15) is 18.2 Å². The lowest BCUT2D eigenvalue weighted by atomic mass is 10.0. The maximum absolute atomic E-state index is 14.2. The van der Waals surface area contributed by atoms with Crippen LogP contribution in [0.1, 0.15) is 22.0 Å². The molecule has 0 bridgehead atoms. The molecule has 36 heavy (non-hydrogen) atoms. The molecule has 1 aliphatic rings. The average Bonchev–Trinajstić information content (AvgIpc) is 3.47. The normalized spacial score (nSPS) is 14.7. The molecule has 1 atom stereocenters. The number of hydrogen-bond donors (Lipinski definition) is 1. The highest BCUT2D eigenvalue weighted by Crippen LogP contribution is 2.39. The van der Waals surface area contributed by atoms with Crippen LogP contribution in [-0.2, 0) is 7.05 Å². The summed E-state index contributed by atoms with van der Waals surface area (Å²) in [5.74, 6) is -1.05. The minimum Gasteiger partial charge on any atom is -0.491 e. The van der Waals surface area contributed by atoms with Gasteiger partial charge in [-0.1, -0.05) is 12.1 Å². The molecule has 0 unspecified atom stereocenters. The number of carbonyl (C=O) groups is 1. The third-order valence-corrected chi connectivity index (χ3v) is 6.64. The van der Waals surface area contributed by atoms with Gasteiger partial charge in [-0.3, -0.25) is 9.48 Å². The van der Waals surface area contributed by atoms with E-state index < -0.39 is 11.9 Å². The first-order valence-corrected chi connectivity index (χ1v) is 11.2. The van der Waals surface area contributed by atoms with Gasteiger partial charge >= 0.3 is 0 Å². The smallest absolute Gasteiger partial charge is 0.254 e. The second-order valence-electron chi connectivity index (χ2n) is 8.73. The Labute approximate surface area is 203 Å². The highest BCUT2D eigenvalue weighted by atomic mass is 19.1. The average molecular weight is 486 g/mol. The van der Waals surface area contributed by atoms with Crippen LogP contribution in [0.3, 0.4) is 0 Å². The third-order valence-electron chi connectivity index (χ3n) is 6.64. The molecule has 0 saturated carbocycles. The SMILES string of the molecule is CN(C(=O)c1ccc2nc(N)c3cnn(C)c3c2c1)[C@@H]1COc2cc(-c3ccc(F)nc3F)ccc21. The maximum atomic E-state index is 14.2. The number of hydrogen-bond acceptors (Lipinski definition) is 6. The molecule has 4 heterocycles. The standard InChI is InChI=1S/C26H20F2N6O2/c1-33(20-12-36-21-10-13(3-5-16(20)21)15-6-8-22(27)32-24(15)28)26(35)14-4-7-19-17(9-14)23-18(25(29)31-19)11-30-34(23)2/h3-11,20H,12H2,1-2H3,(H2,29,31)/t20-/m1/s1. The van der Waals surface area contributed by atoms with Crippen LogP contribution in [0.4, 0.5) is 14.6 Å². The molecule has 3 aromatic heterocycles. The van der Waals surface area contributed by atoms with Crippen LogP contribution in [0, 0.1) is 11.9 Å². The van der Waals surface area contributed by atoms with Crippen molar-refractivity contribution >= 4 is 33.5 Å². The number of aromatic nitrogens is 4. The van der Waals surface area contributed by atoms with Crippen LogP contribution < -0.4 is 10.5 Å². The van der Waals surface area contributed by atoms with Crippen molar-refractivity contribution in [2.75, 3.05) is 19.4 Å². The molecule has 2 aromatic carbocycles. The first-order valence-electron chi connectivity index (χ1n) is 11.2. The number of carbonyl (C=O) groups excluding carboxylic acids is 1. The number of pyridine rings is 2. The predicted octanol–water partition coefficient (Wildman–Crippen LogP) is 4.25. The quantitative estimate of drug-likeness (QED) is 0.383. The number of anilines is 1. The summed E-state index contributed by atoms with van der Waals surface area (Å²) in [4.78, 5) is 22.8. The van der Waals surface area contributed by atoms with Crippen LogP contribution in [-0.4, -0.2) is 44.2 Å². The van der Waals surface area contributed by atoms with Gasteiger partial charge in [-0.15, -0.1) is 0 Å². The largest absolute Gasteiger partial charge is 0.491 e. The molecule has 2 N–H and O–H groups in total. The number of nitrogen functional groups attached to an aromatic ring is 1. The molecule has 0 radical (unpaired) electrons. The molecule has 8 nitrogen and oxygen atoms in total. The van der Waals surface area contributed by atoms with Crippen molar-refractivity contribution in [2.45, 2.75) is 6.04 Å². The number of fused-ring (bicyclic) bond motifs is 4. The summed E-state index contributed by atoms with van der Waals surface area (Å²) in [5.41, 5.74) is 9.52. The fourth-order valence-corrected chi connectivity index (χ4v) is 4.74. The molecule has 6 rings (SSSR count). The van der Waals surface area contributed by atoms with Crippen molar-refractivity contribution in [3.05, 3.63) is 77.8 Å². The Morgan fingerprint density at radius 3 is 2.75 bits per heavy atom. The number of likely N-dealkylation sites (N-methyl/N-ethyl adjacent to an activating group) is 1. The molecule has 180 valence electrons. The van der Waals surface area contributed by atoms with Gasteiger partial charge in [0, 0.05) is 36.2 Å². The van der Waals surface area contributed by atoms with Gasteiger partial charge in [-0.2, -0.15) is 18.9 Å². The number of nitrogens with zero attached hydrogens (tertiary/aromatic N) is 5. The van der Waals surface area contributed by atoms with Gasteiger partial charge in [-0.05, 0) is 42.0 Å². The van der Waals surface area contributed by atoms with E-state index in [-0.39, 0.29) is 24.1 Å². The van der Waals surface area contributed by atoms with Crippen molar-refractivity contribution in [1.82, 2.24) is 24.6 Å². The molecule has 0 fully saturated rings. The zero-order chi connectivity index (χ0) is 25.1. The number of aryl methyl sites for hydroxylation is 1. The Morgan fingerprint density at radius 1 is 1.11 bits per heavy atom. The second-order valence-corrected chi connectivity index (χ2v) is 8.73. The summed E-state index contributed by atoms with van der Waals surface area (Å²) in [6.07, 6.45) is 1.66. The number of amides is 1. The molecular formula is C26H20F2N6O2. The zero-order valence-corrected chi connectivity index (χ0v) is 19.4. The number of halogens is 2. The van der Waals surface area contributed by atoms with E-state index in [0.29, 0.717) is 28.2 Å². The monoisotopic (exact) mass is 486 g/mol. The number of benzene rings is 2. The predicted molar refractivity (Wildman–Crippen MR) is 130 cm³/mol.